The van der Waals surface area contributed by atoms with E-state index < -0.39 is 23.4 Å². The molecule has 1 fully saturated rings. The third-order valence-corrected chi connectivity index (χ3v) is 7.88. The zero-order valence-corrected chi connectivity index (χ0v) is 24.0. The molecule has 0 saturated carbocycles. The van der Waals surface area contributed by atoms with Crippen LogP contribution >= 0.6 is 0 Å². The van der Waals surface area contributed by atoms with Crippen LogP contribution in [0.3, 0.4) is 0 Å². The highest BCUT2D eigenvalue weighted by atomic mass is 16.6. The molecular formula is C33H34N6O4. The summed E-state index contributed by atoms with van der Waals surface area (Å²) in [5.74, 6) is -0.594. The third kappa shape index (κ3) is 5.42. The number of benzene rings is 3. The second-order valence-corrected chi connectivity index (χ2v) is 11.0. The normalized spacial score (nSPS) is 18.7. The van der Waals surface area contributed by atoms with Gasteiger partial charge in [-0.25, -0.2) is 4.98 Å². The Morgan fingerprint density at radius 1 is 1.02 bits per heavy atom. The van der Waals surface area contributed by atoms with Gasteiger partial charge in [0.1, 0.15) is 18.9 Å². The second-order valence-electron chi connectivity index (χ2n) is 11.0. The highest BCUT2D eigenvalue weighted by Gasteiger charge is 2.45. The molecule has 3 heterocycles. The number of imidazole rings is 1. The van der Waals surface area contributed by atoms with E-state index in [2.05, 4.69) is 56.7 Å². The Labute approximate surface area is 248 Å². The fourth-order valence-electron chi connectivity index (χ4n) is 5.78. The van der Waals surface area contributed by atoms with Crippen molar-refractivity contribution in [1.82, 2.24) is 24.8 Å². The van der Waals surface area contributed by atoms with Gasteiger partial charge in [0.05, 0.1) is 17.8 Å². The number of nitrogens with two attached hydrogens (primary N) is 1. The van der Waals surface area contributed by atoms with Crippen molar-refractivity contribution in [1.29, 1.82) is 0 Å². The molecule has 10 heteroatoms. The summed E-state index contributed by atoms with van der Waals surface area (Å²) in [5, 5.41) is 3.98. The summed E-state index contributed by atoms with van der Waals surface area (Å²) in [4.78, 5) is 36.1. The van der Waals surface area contributed by atoms with E-state index in [1.54, 1.807) is 18.4 Å². The van der Waals surface area contributed by atoms with Crippen molar-refractivity contribution in [2.75, 3.05) is 12.3 Å². The fourth-order valence-corrected chi connectivity index (χ4v) is 5.78. The van der Waals surface area contributed by atoms with Crippen LogP contribution in [-0.4, -0.2) is 44.2 Å². The Hall–Kier alpha value is -4.80. The van der Waals surface area contributed by atoms with Crippen molar-refractivity contribution in [3.8, 4) is 0 Å². The number of carbonyl (C=O) groups excluding carboxylic acids is 1. The molecule has 1 aliphatic heterocycles. The molecule has 0 amide bonds. The highest BCUT2D eigenvalue weighted by molar-refractivity contribution is 5.71. The van der Waals surface area contributed by atoms with Crippen molar-refractivity contribution in [3.05, 3.63) is 124 Å². The van der Waals surface area contributed by atoms with Gasteiger partial charge >= 0.3 is 5.97 Å². The van der Waals surface area contributed by atoms with Gasteiger partial charge in [-0.2, -0.15) is 4.98 Å². The SMILES string of the molecule is CC(C)C(=O)OC[C@H]1O[C@@H](n2cnc3c(=O)[nH]c(N)nc32)C[C@@H]1NC(c1ccccc1)(c1ccccc1)c1ccccc1. The van der Waals surface area contributed by atoms with Gasteiger partial charge < -0.3 is 15.2 Å². The van der Waals surface area contributed by atoms with Crippen LogP contribution in [0, 0.1) is 5.92 Å². The number of aromatic nitrogens is 4. The number of rotatable bonds is 9. The Kier molecular flexibility index (Phi) is 7.79. The zero-order valence-electron chi connectivity index (χ0n) is 24.0. The van der Waals surface area contributed by atoms with E-state index in [9.17, 15) is 9.59 Å². The fraction of sp³-hybridized carbons (Fsp3) is 0.273. The van der Waals surface area contributed by atoms with E-state index in [0.717, 1.165) is 16.7 Å². The van der Waals surface area contributed by atoms with Gasteiger partial charge in [-0.15, -0.1) is 0 Å². The van der Waals surface area contributed by atoms with Gasteiger partial charge in [-0.1, -0.05) is 105 Å². The lowest BCUT2D eigenvalue weighted by Gasteiger charge is -2.40. The van der Waals surface area contributed by atoms with Crippen molar-refractivity contribution in [2.24, 2.45) is 5.92 Å². The molecule has 0 aliphatic carbocycles. The summed E-state index contributed by atoms with van der Waals surface area (Å²) >= 11 is 0. The summed E-state index contributed by atoms with van der Waals surface area (Å²) in [6.45, 7) is 3.64. The van der Waals surface area contributed by atoms with Gasteiger partial charge in [-0.05, 0) is 16.7 Å². The van der Waals surface area contributed by atoms with E-state index in [1.165, 1.54) is 6.33 Å². The molecule has 1 aliphatic rings. The van der Waals surface area contributed by atoms with Crippen molar-refractivity contribution >= 4 is 23.1 Å². The van der Waals surface area contributed by atoms with Crippen LogP contribution in [-0.2, 0) is 19.8 Å². The number of aromatic amines is 1. The van der Waals surface area contributed by atoms with Gasteiger partial charge in [0.25, 0.3) is 5.56 Å². The number of esters is 1. The van der Waals surface area contributed by atoms with Gasteiger partial charge in [0.2, 0.25) is 5.95 Å². The van der Waals surface area contributed by atoms with Crippen LogP contribution in [0.1, 0.15) is 43.2 Å². The van der Waals surface area contributed by atoms with Crippen LogP contribution in [0.15, 0.2) is 102 Å². The molecule has 3 aromatic carbocycles. The zero-order chi connectivity index (χ0) is 30.0. The van der Waals surface area contributed by atoms with Crippen LogP contribution in [0.25, 0.3) is 11.2 Å². The predicted molar refractivity (Wildman–Crippen MR) is 163 cm³/mol. The minimum Gasteiger partial charge on any atom is -0.463 e. The molecule has 5 aromatic rings. The number of nitrogens with one attached hydrogen (secondary N) is 2. The molecule has 10 nitrogen and oxygen atoms in total. The molecule has 0 bridgehead atoms. The minimum absolute atomic E-state index is 0.00872. The molecule has 6 rings (SSSR count). The maximum absolute atomic E-state index is 12.5. The van der Waals surface area contributed by atoms with E-state index in [4.69, 9.17) is 15.2 Å². The number of carbonyl (C=O) groups is 1. The summed E-state index contributed by atoms with van der Waals surface area (Å²) in [6, 6.07) is 30.5. The topological polar surface area (TPSA) is 137 Å². The third-order valence-electron chi connectivity index (χ3n) is 7.88. The maximum atomic E-state index is 12.5. The van der Waals surface area contributed by atoms with Crippen LogP contribution in [0.5, 0.6) is 0 Å². The molecule has 220 valence electrons. The van der Waals surface area contributed by atoms with E-state index >= 15 is 0 Å². The average molecular weight is 579 g/mol. The lowest BCUT2D eigenvalue weighted by atomic mass is 9.76. The van der Waals surface area contributed by atoms with Gasteiger partial charge in [-0.3, -0.25) is 24.5 Å². The average Bonchev–Trinajstić information content (AvgIpc) is 3.63. The van der Waals surface area contributed by atoms with Gasteiger partial charge in [0, 0.05) is 12.5 Å². The van der Waals surface area contributed by atoms with E-state index in [0.29, 0.717) is 12.1 Å². The Bertz CT molecular complexity index is 1660. The first-order chi connectivity index (χ1) is 20.9. The van der Waals surface area contributed by atoms with Crippen molar-refractivity contribution < 1.29 is 14.3 Å². The monoisotopic (exact) mass is 578 g/mol. The number of ether oxygens (including phenoxy) is 2. The van der Waals surface area contributed by atoms with Crippen molar-refractivity contribution in [2.45, 2.75) is 44.2 Å². The quantitative estimate of drug-likeness (QED) is 0.175. The number of H-pyrrole nitrogens is 1. The van der Waals surface area contributed by atoms with Gasteiger partial charge in [0.15, 0.2) is 11.2 Å². The molecule has 0 unspecified atom stereocenters. The highest BCUT2D eigenvalue weighted by Crippen LogP contribution is 2.40. The molecular weight excluding hydrogens is 544 g/mol. The maximum Gasteiger partial charge on any atom is 0.308 e. The Balaban J connectivity index is 1.46. The Morgan fingerprint density at radius 2 is 1.58 bits per heavy atom. The van der Waals surface area contributed by atoms with Crippen LogP contribution in [0.4, 0.5) is 5.95 Å². The summed E-state index contributed by atoms with van der Waals surface area (Å²) in [7, 11) is 0. The number of fused-ring (bicyclic) bond motifs is 1. The molecule has 0 spiro atoms. The largest absolute Gasteiger partial charge is 0.463 e. The lowest BCUT2D eigenvalue weighted by molar-refractivity contribution is -0.152. The number of nitrogen functional groups attached to an aromatic ring is 1. The molecule has 4 N–H and O–H groups in total. The van der Waals surface area contributed by atoms with E-state index in [-0.39, 0.29) is 36.0 Å². The second kappa shape index (κ2) is 11.8. The van der Waals surface area contributed by atoms with Crippen LogP contribution in [0.2, 0.25) is 0 Å². The summed E-state index contributed by atoms with van der Waals surface area (Å²) in [5.41, 5.74) is 8.30. The first kappa shape index (κ1) is 28.3. The minimum atomic E-state index is -0.774. The standard InChI is InChI=1S/C33H34N6O4/c1-21(2)31(41)42-19-26-25(18-27(43-26)39-20-35-28-29(39)36-32(34)37-30(28)40)38-33(22-12-6-3-7-13-22,23-14-8-4-9-15-23)24-16-10-5-11-17-24/h3-17,20-21,25-27,38H,18-19H2,1-2H3,(H3,34,36,37,40)/t25-,26+,27+/m0/s1. The smallest absolute Gasteiger partial charge is 0.308 e. The van der Waals surface area contributed by atoms with Crippen LogP contribution < -0.4 is 16.6 Å². The number of hydrogen-bond acceptors (Lipinski definition) is 8. The summed E-state index contributed by atoms with van der Waals surface area (Å²) in [6.07, 6.45) is 0.923. The number of hydrogen-bond donors (Lipinski definition) is 3. The Morgan fingerprint density at radius 3 is 2.12 bits per heavy atom. The molecule has 2 aromatic heterocycles. The van der Waals surface area contributed by atoms with Crippen molar-refractivity contribution in [3.63, 3.8) is 0 Å². The summed E-state index contributed by atoms with van der Waals surface area (Å²) < 4.78 is 14.0. The first-order valence-corrected chi connectivity index (χ1v) is 14.4. The number of anilines is 1. The number of nitrogens with zero attached hydrogens (tertiary/aromatic N) is 3. The molecule has 3 atom stereocenters. The first-order valence-electron chi connectivity index (χ1n) is 14.4. The molecule has 0 radical (unpaired) electrons. The predicted octanol–water partition coefficient (Wildman–Crippen LogP) is 4.14. The molecule has 1 saturated heterocycles. The molecule has 43 heavy (non-hydrogen) atoms. The van der Waals surface area contributed by atoms with E-state index in [1.807, 2.05) is 54.6 Å². The lowest BCUT2D eigenvalue weighted by Crippen LogP contribution is -2.53.